The molecule has 4 heterocycles. The number of likely N-dealkylation sites (tertiary alicyclic amines) is 1. The summed E-state index contributed by atoms with van der Waals surface area (Å²) in [5, 5.41) is 7.80. The number of methoxy groups -OCH3 is 1. The highest BCUT2D eigenvalue weighted by Gasteiger charge is 2.28. The minimum Gasteiger partial charge on any atom is -0.496 e. The highest BCUT2D eigenvalue weighted by molar-refractivity contribution is 7.19. The van der Waals surface area contributed by atoms with Gasteiger partial charge in [0.25, 0.3) is 0 Å². The third-order valence-electron chi connectivity index (χ3n) is 6.39. The Kier molecular flexibility index (Phi) is 6.95. The fourth-order valence-corrected chi connectivity index (χ4v) is 5.62. The summed E-state index contributed by atoms with van der Waals surface area (Å²) in [6, 6.07) is 4.71. The molecule has 3 aromatic heterocycles. The summed E-state index contributed by atoms with van der Waals surface area (Å²) < 4.78 is 27.6. The van der Waals surface area contributed by atoms with E-state index in [0.717, 1.165) is 44.7 Å². The van der Waals surface area contributed by atoms with Gasteiger partial charge in [-0.1, -0.05) is 0 Å². The van der Waals surface area contributed by atoms with Gasteiger partial charge in [0.2, 0.25) is 5.95 Å². The lowest BCUT2D eigenvalue weighted by Gasteiger charge is -2.33. The summed E-state index contributed by atoms with van der Waals surface area (Å²) >= 11 is 1.58. The third-order valence-corrected chi connectivity index (χ3v) is 7.42. The van der Waals surface area contributed by atoms with Gasteiger partial charge in [-0.05, 0) is 52.7 Å². The lowest BCUT2D eigenvalue weighted by Crippen LogP contribution is -2.42. The van der Waals surface area contributed by atoms with Gasteiger partial charge in [-0.25, -0.2) is 19.2 Å². The average molecular weight is 539 g/mol. The van der Waals surface area contributed by atoms with Crippen LogP contribution in [0.5, 0.6) is 5.75 Å². The molecule has 0 unspecified atom stereocenters. The first-order valence-corrected chi connectivity index (χ1v) is 13.3. The lowest BCUT2D eigenvalue weighted by atomic mass is 10.0. The van der Waals surface area contributed by atoms with Crippen molar-refractivity contribution < 1.29 is 18.7 Å². The summed E-state index contributed by atoms with van der Waals surface area (Å²) in [6.07, 6.45) is 6.78. The normalized spacial score (nSPS) is 14.6. The predicted molar refractivity (Wildman–Crippen MR) is 146 cm³/mol. The number of aryl methyl sites for hydroxylation is 1. The fourth-order valence-electron chi connectivity index (χ4n) is 4.63. The highest BCUT2D eigenvalue weighted by atomic mass is 32.1. The molecule has 5 rings (SSSR count). The molecule has 1 aromatic carbocycles. The molecule has 1 saturated heterocycles. The van der Waals surface area contributed by atoms with E-state index in [2.05, 4.69) is 15.4 Å². The van der Waals surface area contributed by atoms with Gasteiger partial charge in [0.1, 0.15) is 17.2 Å². The van der Waals surface area contributed by atoms with Crippen LogP contribution in [0.1, 0.15) is 44.5 Å². The van der Waals surface area contributed by atoms with E-state index in [1.807, 2.05) is 38.6 Å². The molecule has 0 saturated carbocycles. The van der Waals surface area contributed by atoms with E-state index in [1.165, 1.54) is 19.2 Å². The van der Waals surface area contributed by atoms with Crippen LogP contribution in [0.15, 0.2) is 36.8 Å². The molecule has 0 spiro atoms. The monoisotopic (exact) mass is 538 g/mol. The number of ether oxygens (including phenoxy) is 2. The Morgan fingerprint density at radius 2 is 1.97 bits per heavy atom. The molecular weight excluding hydrogens is 507 g/mol. The summed E-state index contributed by atoms with van der Waals surface area (Å²) in [6.45, 7) is 8.87. The standard InChI is InChI=1S/C27H31FN6O3S/c1-16-23(20-7-6-17(28)12-21(20)36-5)24-22(38-16)14-29-25(32-24)31-18-13-30-34(15-18)19-8-10-33(11-9-19)26(35)37-27(2,3)4/h6-7,12-15,19H,8-11H2,1-5H3,(H,29,31,32). The second-order valence-corrected chi connectivity index (χ2v) is 11.6. The number of carbonyl (C=O) groups excluding carboxylic acids is 1. The number of hydrogen-bond donors (Lipinski definition) is 1. The number of amides is 1. The van der Waals surface area contributed by atoms with Crippen molar-refractivity contribution in [2.45, 2.75) is 52.2 Å². The Morgan fingerprint density at radius 3 is 2.68 bits per heavy atom. The molecule has 0 radical (unpaired) electrons. The summed E-state index contributed by atoms with van der Waals surface area (Å²) in [5.74, 6) is 0.545. The molecule has 1 N–H and O–H groups in total. The largest absolute Gasteiger partial charge is 0.496 e. The number of anilines is 2. The van der Waals surface area contributed by atoms with Crippen molar-refractivity contribution in [3.63, 3.8) is 0 Å². The first-order chi connectivity index (χ1) is 18.1. The molecule has 4 aromatic rings. The van der Waals surface area contributed by atoms with E-state index in [1.54, 1.807) is 34.7 Å². The molecule has 1 aliphatic heterocycles. The van der Waals surface area contributed by atoms with E-state index in [4.69, 9.17) is 14.5 Å². The van der Waals surface area contributed by atoms with Crippen LogP contribution in [0.2, 0.25) is 0 Å². The highest BCUT2D eigenvalue weighted by Crippen LogP contribution is 2.41. The third kappa shape index (κ3) is 5.42. The van der Waals surface area contributed by atoms with Crippen LogP contribution in [0.25, 0.3) is 21.3 Å². The lowest BCUT2D eigenvalue weighted by molar-refractivity contribution is 0.0185. The number of nitrogens with zero attached hydrogens (tertiary/aromatic N) is 5. The van der Waals surface area contributed by atoms with E-state index < -0.39 is 5.60 Å². The van der Waals surface area contributed by atoms with Crippen molar-refractivity contribution in [2.24, 2.45) is 0 Å². The average Bonchev–Trinajstić information content (AvgIpc) is 3.46. The van der Waals surface area contributed by atoms with E-state index in [9.17, 15) is 9.18 Å². The summed E-state index contributed by atoms with van der Waals surface area (Å²) in [4.78, 5) is 24.4. The van der Waals surface area contributed by atoms with Gasteiger partial charge in [0, 0.05) is 41.4 Å². The molecule has 1 fully saturated rings. The number of carbonyl (C=O) groups is 1. The van der Waals surface area contributed by atoms with Gasteiger partial charge in [-0.3, -0.25) is 4.68 Å². The smallest absolute Gasteiger partial charge is 0.410 e. The van der Waals surface area contributed by atoms with Crippen LogP contribution in [-0.2, 0) is 4.74 Å². The zero-order chi connectivity index (χ0) is 27.0. The zero-order valence-corrected chi connectivity index (χ0v) is 22.9. The van der Waals surface area contributed by atoms with Gasteiger partial charge >= 0.3 is 6.09 Å². The van der Waals surface area contributed by atoms with Gasteiger partial charge < -0.3 is 19.7 Å². The van der Waals surface area contributed by atoms with Crippen LogP contribution in [-0.4, -0.2) is 56.5 Å². The van der Waals surface area contributed by atoms with Crippen LogP contribution in [0.3, 0.4) is 0 Å². The molecular formula is C27H31FN6O3S. The SMILES string of the molecule is COc1cc(F)ccc1-c1c(C)sc2cnc(Nc3cnn(C4CCN(C(=O)OC(C)(C)C)CC4)c3)nc12. The van der Waals surface area contributed by atoms with Crippen LogP contribution >= 0.6 is 11.3 Å². The number of piperidine rings is 1. The fraction of sp³-hybridized carbons (Fsp3) is 0.407. The quantitative estimate of drug-likeness (QED) is 0.317. The van der Waals surface area contributed by atoms with Crippen molar-refractivity contribution in [1.29, 1.82) is 0 Å². The molecule has 1 aliphatic rings. The number of halogens is 1. The molecule has 0 atom stereocenters. The minimum absolute atomic E-state index is 0.185. The van der Waals surface area contributed by atoms with E-state index in [0.29, 0.717) is 24.8 Å². The van der Waals surface area contributed by atoms with Crippen molar-refractivity contribution in [3.8, 4) is 16.9 Å². The van der Waals surface area contributed by atoms with Crippen molar-refractivity contribution in [2.75, 3.05) is 25.5 Å². The number of rotatable bonds is 5. The maximum Gasteiger partial charge on any atom is 0.410 e. The van der Waals surface area contributed by atoms with Gasteiger partial charge in [0.05, 0.1) is 41.4 Å². The Bertz CT molecular complexity index is 1470. The first-order valence-electron chi connectivity index (χ1n) is 12.5. The second-order valence-electron chi connectivity index (χ2n) is 10.3. The van der Waals surface area contributed by atoms with Gasteiger partial charge in [-0.2, -0.15) is 5.10 Å². The second kappa shape index (κ2) is 10.2. The van der Waals surface area contributed by atoms with Crippen LogP contribution < -0.4 is 10.1 Å². The number of benzene rings is 1. The molecule has 9 nitrogen and oxygen atoms in total. The predicted octanol–water partition coefficient (Wildman–Crippen LogP) is 6.33. The summed E-state index contributed by atoms with van der Waals surface area (Å²) in [5.41, 5.74) is 2.73. The Hall–Kier alpha value is -3.73. The number of fused-ring (bicyclic) bond motifs is 1. The molecule has 1 amide bonds. The maximum atomic E-state index is 13.8. The first kappa shape index (κ1) is 25.9. The molecule has 0 bridgehead atoms. The number of nitrogens with one attached hydrogen (secondary N) is 1. The van der Waals surface area contributed by atoms with Gasteiger partial charge in [0.15, 0.2) is 0 Å². The maximum absolute atomic E-state index is 13.8. The van der Waals surface area contributed by atoms with Gasteiger partial charge in [-0.15, -0.1) is 11.3 Å². The Labute approximate surface area is 224 Å². The van der Waals surface area contributed by atoms with Crippen molar-refractivity contribution >= 4 is 39.3 Å². The van der Waals surface area contributed by atoms with Crippen molar-refractivity contribution in [3.05, 3.63) is 47.5 Å². The van der Waals surface area contributed by atoms with Crippen molar-refractivity contribution in [1.82, 2.24) is 24.6 Å². The zero-order valence-electron chi connectivity index (χ0n) is 22.1. The summed E-state index contributed by atoms with van der Waals surface area (Å²) in [7, 11) is 1.53. The molecule has 0 aliphatic carbocycles. The number of thiophene rings is 1. The molecule has 38 heavy (non-hydrogen) atoms. The topological polar surface area (TPSA) is 94.4 Å². The Morgan fingerprint density at radius 1 is 1.21 bits per heavy atom. The molecule has 11 heteroatoms. The minimum atomic E-state index is -0.505. The van der Waals surface area contributed by atoms with E-state index in [-0.39, 0.29) is 18.0 Å². The molecule has 200 valence electrons. The number of aromatic nitrogens is 4. The van der Waals surface area contributed by atoms with Crippen LogP contribution in [0.4, 0.5) is 20.8 Å². The number of hydrogen-bond acceptors (Lipinski definition) is 8. The van der Waals surface area contributed by atoms with Crippen LogP contribution in [0, 0.1) is 12.7 Å². The van der Waals surface area contributed by atoms with E-state index >= 15 is 0 Å². The Balaban J connectivity index is 1.31.